The van der Waals surface area contributed by atoms with E-state index >= 15 is 0 Å². The third-order valence-corrected chi connectivity index (χ3v) is 4.21. The van der Waals surface area contributed by atoms with E-state index in [2.05, 4.69) is 36.2 Å². The summed E-state index contributed by atoms with van der Waals surface area (Å²) in [6.45, 7) is 1.76. The minimum atomic E-state index is -0.382. The Morgan fingerprint density at radius 3 is 2.00 bits per heavy atom. The summed E-state index contributed by atoms with van der Waals surface area (Å²) < 4.78 is 12.7. The van der Waals surface area contributed by atoms with Gasteiger partial charge >= 0.3 is 0 Å². The van der Waals surface area contributed by atoms with E-state index in [-0.39, 0.29) is 18.3 Å². The van der Waals surface area contributed by atoms with Crippen molar-refractivity contribution in [3.8, 4) is 0 Å². The van der Waals surface area contributed by atoms with Crippen LogP contribution in [-0.2, 0) is 0 Å². The van der Waals surface area contributed by atoms with Crippen molar-refractivity contribution in [3.05, 3.63) is 71.8 Å². The third-order valence-electron chi connectivity index (χ3n) is 4.21. The quantitative estimate of drug-likeness (QED) is 0.674. The van der Waals surface area contributed by atoms with Gasteiger partial charge in [-0.2, -0.15) is 0 Å². The van der Waals surface area contributed by atoms with Crippen LogP contribution in [0.1, 0.15) is 30.9 Å². The first-order valence-electron chi connectivity index (χ1n) is 8.03. The summed E-state index contributed by atoms with van der Waals surface area (Å²) in [5, 5.41) is 0. The molecule has 0 aliphatic carbocycles. The van der Waals surface area contributed by atoms with E-state index in [1.807, 2.05) is 42.6 Å². The number of alkyl halides is 1. The van der Waals surface area contributed by atoms with Crippen LogP contribution in [0.15, 0.2) is 70.6 Å². The Labute approximate surface area is 136 Å². The van der Waals surface area contributed by atoms with Gasteiger partial charge in [-0.1, -0.05) is 60.7 Å². The molecule has 118 valence electrons. The molecule has 3 heteroatoms. The second-order valence-corrected chi connectivity index (χ2v) is 6.09. The molecule has 2 aromatic rings. The third kappa shape index (κ3) is 3.73. The van der Waals surface area contributed by atoms with Gasteiger partial charge in [-0.05, 0) is 19.8 Å². The van der Waals surface area contributed by atoms with E-state index in [1.54, 1.807) is 0 Å². The molecule has 2 unspecified atom stereocenters. The molecule has 0 N–H and O–H groups in total. The second-order valence-electron chi connectivity index (χ2n) is 6.09. The Balaban J connectivity index is 2.03. The van der Waals surface area contributed by atoms with Gasteiger partial charge in [0, 0.05) is 17.3 Å². The van der Waals surface area contributed by atoms with E-state index in [1.165, 1.54) is 0 Å². The molecule has 0 fully saturated rings. The Bertz CT molecular complexity index is 647. The molecule has 2 aromatic carbocycles. The van der Waals surface area contributed by atoms with Crippen molar-refractivity contribution in [2.75, 3.05) is 6.67 Å². The fraction of sp³-hybridized carbons (Fsp3) is 0.300. The molecule has 2 atom stereocenters. The number of benzene rings is 2. The summed E-state index contributed by atoms with van der Waals surface area (Å²) in [4.78, 5) is 9.39. The van der Waals surface area contributed by atoms with E-state index < -0.39 is 0 Å². The predicted molar refractivity (Wildman–Crippen MR) is 94.4 cm³/mol. The standard InChI is InChI=1S/C20H21FN2/c1-20(13-8-14-21,18-15-22-18)23-19(16-9-4-2-5-10-16)17-11-6-3-7-12-17/h2-7,9-12,15,18H,8,13-14H2,1H3. The van der Waals surface area contributed by atoms with Crippen molar-refractivity contribution in [2.24, 2.45) is 9.98 Å². The van der Waals surface area contributed by atoms with E-state index in [0.717, 1.165) is 16.8 Å². The van der Waals surface area contributed by atoms with Gasteiger partial charge in [0.1, 0.15) is 6.04 Å². The zero-order chi connectivity index (χ0) is 16.1. The maximum absolute atomic E-state index is 12.7. The van der Waals surface area contributed by atoms with Crippen LogP contribution in [0.25, 0.3) is 0 Å². The maximum Gasteiger partial charge on any atom is 0.109 e. The van der Waals surface area contributed by atoms with Gasteiger partial charge in [-0.3, -0.25) is 14.4 Å². The molecule has 0 saturated carbocycles. The van der Waals surface area contributed by atoms with E-state index in [0.29, 0.717) is 12.8 Å². The lowest BCUT2D eigenvalue weighted by Crippen LogP contribution is -2.32. The molecule has 0 amide bonds. The molecule has 0 aromatic heterocycles. The van der Waals surface area contributed by atoms with Gasteiger partial charge in [0.05, 0.1) is 17.9 Å². The Hall–Kier alpha value is -2.29. The fourth-order valence-corrected chi connectivity index (χ4v) is 2.80. The summed E-state index contributed by atoms with van der Waals surface area (Å²) in [7, 11) is 0. The molecule has 0 radical (unpaired) electrons. The summed E-state index contributed by atoms with van der Waals surface area (Å²) >= 11 is 0. The zero-order valence-corrected chi connectivity index (χ0v) is 13.3. The number of rotatable bonds is 7. The molecule has 3 rings (SSSR count). The van der Waals surface area contributed by atoms with Gasteiger partial charge in [0.25, 0.3) is 0 Å². The van der Waals surface area contributed by atoms with Gasteiger partial charge in [-0.15, -0.1) is 0 Å². The van der Waals surface area contributed by atoms with E-state index in [4.69, 9.17) is 4.99 Å². The van der Waals surface area contributed by atoms with Crippen LogP contribution in [-0.4, -0.2) is 30.2 Å². The first-order chi connectivity index (χ1) is 11.2. The molecular weight excluding hydrogens is 287 g/mol. The van der Waals surface area contributed by atoms with Crippen LogP contribution in [0, 0.1) is 0 Å². The number of hydrogen-bond donors (Lipinski definition) is 0. The van der Waals surface area contributed by atoms with Crippen LogP contribution in [0.4, 0.5) is 4.39 Å². The number of hydrogen-bond acceptors (Lipinski definition) is 2. The van der Waals surface area contributed by atoms with Crippen molar-refractivity contribution >= 4 is 11.9 Å². The first kappa shape index (κ1) is 15.6. The summed E-state index contributed by atoms with van der Waals surface area (Å²) in [6, 6.07) is 20.4. The smallest absolute Gasteiger partial charge is 0.109 e. The highest BCUT2D eigenvalue weighted by Gasteiger charge is 2.38. The molecule has 23 heavy (non-hydrogen) atoms. The molecule has 0 spiro atoms. The summed E-state index contributed by atoms with van der Waals surface area (Å²) in [5.41, 5.74) is 2.72. The minimum absolute atomic E-state index is 0.0940. The van der Waals surface area contributed by atoms with Crippen molar-refractivity contribution in [1.82, 2.24) is 0 Å². The predicted octanol–water partition coefficient (Wildman–Crippen LogP) is 4.49. The highest BCUT2D eigenvalue weighted by atomic mass is 19.1. The zero-order valence-electron chi connectivity index (χ0n) is 13.3. The fourth-order valence-electron chi connectivity index (χ4n) is 2.80. The Kier molecular flexibility index (Phi) is 4.65. The lowest BCUT2D eigenvalue weighted by Gasteiger charge is -2.25. The van der Waals surface area contributed by atoms with Gasteiger partial charge in [0.15, 0.2) is 0 Å². The molecule has 2 nitrogen and oxygen atoms in total. The number of aliphatic imine (C=N–C) groups is 2. The van der Waals surface area contributed by atoms with Gasteiger partial charge in [0.2, 0.25) is 0 Å². The largest absolute Gasteiger partial charge is 0.284 e. The molecule has 1 aliphatic rings. The molecule has 1 aliphatic heterocycles. The number of halogens is 1. The SMILES string of the molecule is CC(CCCF)(N=C(c1ccccc1)c1ccccc1)C1C=N1. The minimum Gasteiger partial charge on any atom is -0.284 e. The monoisotopic (exact) mass is 308 g/mol. The second kappa shape index (κ2) is 6.86. The van der Waals surface area contributed by atoms with Crippen LogP contribution in [0.2, 0.25) is 0 Å². The van der Waals surface area contributed by atoms with Crippen molar-refractivity contribution in [1.29, 1.82) is 0 Å². The number of nitrogens with zero attached hydrogens (tertiary/aromatic N) is 2. The molecule has 1 heterocycles. The maximum atomic E-state index is 12.7. The highest BCUT2D eigenvalue weighted by Crippen LogP contribution is 2.31. The van der Waals surface area contributed by atoms with Crippen molar-refractivity contribution in [3.63, 3.8) is 0 Å². The Morgan fingerprint density at radius 1 is 1.04 bits per heavy atom. The van der Waals surface area contributed by atoms with Crippen LogP contribution in [0.5, 0.6) is 0 Å². The van der Waals surface area contributed by atoms with E-state index in [9.17, 15) is 4.39 Å². The lowest BCUT2D eigenvalue weighted by atomic mass is 9.90. The highest BCUT2D eigenvalue weighted by molar-refractivity contribution is 6.13. The molecule has 0 saturated heterocycles. The van der Waals surface area contributed by atoms with Gasteiger partial charge in [-0.25, -0.2) is 0 Å². The Morgan fingerprint density at radius 2 is 1.57 bits per heavy atom. The average Bonchev–Trinajstić information content (AvgIpc) is 3.45. The molecular formula is C20H21FN2. The van der Waals surface area contributed by atoms with Crippen LogP contribution >= 0.6 is 0 Å². The van der Waals surface area contributed by atoms with Crippen LogP contribution < -0.4 is 0 Å². The molecule has 0 bridgehead atoms. The van der Waals surface area contributed by atoms with Gasteiger partial charge < -0.3 is 0 Å². The lowest BCUT2D eigenvalue weighted by molar-refractivity contribution is 0.377. The summed E-state index contributed by atoms with van der Waals surface area (Å²) in [6.07, 6.45) is 3.11. The first-order valence-corrected chi connectivity index (χ1v) is 8.03. The summed E-state index contributed by atoms with van der Waals surface area (Å²) in [5.74, 6) is 0. The average molecular weight is 308 g/mol. The normalized spacial score (nSPS) is 18.3. The van der Waals surface area contributed by atoms with Crippen molar-refractivity contribution in [2.45, 2.75) is 31.3 Å². The van der Waals surface area contributed by atoms with Crippen LogP contribution in [0.3, 0.4) is 0 Å². The topological polar surface area (TPSA) is 24.7 Å². The van der Waals surface area contributed by atoms with Crippen molar-refractivity contribution < 1.29 is 4.39 Å².